The van der Waals surface area contributed by atoms with Gasteiger partial charge < -0.3 is 0 Å². The maximum absolute atomic E-state index is 14.1. The molecule has 7 heteroatoms. The number of imidazole rings is 1. The minimum Gasteiger partial charge on any atom is -0.292 e. The zero-order valence-electron chi connectivity index (χ0n) is 10.4. The second-order valence-corrected chi connectivity index (χ2v) is 5.87. The van der Waals surface area contributed by atoms with Crippen molar-refractivity contribution in [3.63, 3.8) is 0 Å². The lowest BCUT2D eigenvalue weighted by Crippen LogP contribution is -2.02. The summed E-state index contributed by atoms with van der Waals surface area (Å²) >= 11 is 23.9. The van der Waals surface area contributed by atoms with Gasteiger partial charge in [0.15, 0.2) is 0 Å². The molecule has 0 aliphatic carbocycles. The SMILES string of the molecule is Fc1ccc(Cl)cc1-n1c(CCl)nc2cc(Cl)c(Cl)cc21. The highest BCUT2D eigenvalue weighted by molar-refractivity contribution is 6.42. The zero-order valence-corrected chi connectivity index (χ0v) is 13.4. The summed E-state index contributed by atoms with van der Waals surface area (Å²) in [6.45, 7) is 0. The topological polar surface area (TPSA) is 17.8 Å². The molecule has 2 aromatic carbocycles. The van der Waals surface area contributed by atoms with Gasteiger partial charge in [-0.3, -0.25) is 4.57 Å². The normalized spacial score (nSPS) is 11.3. The van der Waals surface area contributed by atoms with Crippen molar-refractivity contribution < 1.29 is 4.39 Å². The van der Waals surface area contributed by atoms with Gasteiger partial charge in [-0.25, -0.2) is 9.37 Å². The lowest BCUT2D eigenvalue weighted by molar-refractivity contribution is 0.618. The summed E-state index contributed by atoms with van der Waals surface area (Å²) in [4.78, 5) is 4.36. The van der Waals surface area contributed by atoms with E-state index in [9.17, 15) is 4.39 Å². The van der Waals surface area contributed by atoms with E-state index in [0.29, 0.717) is 31.9 Å². The molecule has 1 aromatic heterocycles. The standard InChI is InChI=1S/C14H7Cl4FN2/c15-6-14-20-11-4-8(17)9(18)5-13(11)21(14)12-3-7(16)1-2-10(12)19/h1-5H,6H2. The van der Waals surface area contributed by atoms with Crippen molar-refractivity contribution in [2.75, 3.05) is 0 Å². The third kappa shape index (κ3) is 2.59. The minimum atomic E-state index is -0.434. The Kier molecular flexibility index (Phi) is 4.02. The van der Waals surface area contributed by atoms with Crippen LogP contribution in [0.1, 0.15) is 5.82 Å². The fourth-order valence-electron chi connectivity index (χ4n) is 2.14. The molecule has 0 fully saturated rings. The Bertz CT molecular complexity index is 845. The Morgan fingerprint density at radius 1 is 1.05 bits per heavy atom. The van der Waals surface area contributed by atoms with Crippen LogP contribution in [0.5, 0.6) is 0 Å². The van der Waals surface area contributed by atoms with Crippen molar-refractivity contribution in [1.82, 2.24) is 9.55 Å². The highest BCUT2D eigenvalue weighted by Crippen LogP contribution is 2.32. The summed E-state index contributed by atoms with van der Waals surface area (Å²) in [6.07, 6.45) is 0. The van der Waals surface area contributed by atoms with Crippen LogP contribution in [-0.4, -0.2) is 9.55 Å². The van der Waals surface area contributed by atoms with Crippen LogP contribution in [0.15, 0.2) is 30.3 Å². The fraction of sp³-hybridized carbons (Fsp3) is 0.0714. The van der Waals surface area contributed by atoms with Gasteiger partial charge in [0.2, 0.25) is 0 Å². The van der Waals surface area contributed by atoms with E-state index in [4.69, 9.17) is 46.4 Å². The number of fused-ring (bicyclic) bond motifs is 1. The fourth-order valence-corrected chi connectivity index (χ4v) is 2.80. The summed E-state index contributed by atoms with van der Waals surface area (Å²) in [5.74, 6) is 0.151. The Balaban J connectivity index is 2.40. The van der Waals surface area contributed by atoms with Crippen LogP contribution in [0, 0.1) is 5.82 Å². The molecule has 3 aromatic rings. The third-order valence-corrected chi connectivity index (χ3v) is 4.23. The van der Waals surface area contributed by atoms with Crippen molar-refractivity contribution >= 4 is 57.4 Å². The first-order valence-electron chi connectivity index (χ1n) is 5.89. The molecule has 0 bridgehead atoms. The second-order valence-electron chi connectivity index (χ2n) is 4.35. The molecule has 0 saturated carbocycles. The predicted molar refractivity (Wildman–Crippen MR) is 85.6 cm³/mol. The first kappa shape index (κ1) is 14.9. The number of alkyl halides is 1. The van der Waals surface area contributed by atoms with Crippen LogP contribution in [0.3, 0.4) is 0 Å². The lowest BCUT2D eigenvalue weighted by atomic mass is 10.2. The zero-order chi connectivity index (χ0) is 15.1. The van der Waals surface area contributed by atoms with Gasteiger partial charge in [0.05, 0.1) is 32.6 Å². The van der Waals surface area contributed by atoms with Gasteiger partial charge in [0.25, 0.3) is 0 Å². The number of benzene rings is 2. The summed E-state index contributed by atoms with van der Waals surface area (Å²) in [7, 11) is 0. The monoisotopic (exact) mass is 362 g/mol. The van der Waals surface area contributed by atoms with Gasteiger partial charge in [0.1, 0.15) is 11.6 Å². The van der Waals surface area contributed by atoms with E-state index in [-0.39, 0.29) is 11.6 Å². The maximum Gasteiger partial charge on any atom is 0.147 e. The van der Waals surface area contributed by atoms with E-state index >= 15 is 0 Å². The molecule has 0 saturated heterocycles. The van der Waals surface area contributed by atoms with Crippen molar-refractivity contribution in [3.05, 3.63) is 57.0 Å². The molecular formula is C14H7Cl4FN2. The molecule has 0 atom stereocenters. The van der Waals surface area contributed by atoms with Gasteiger partial charge in [-0.15, -0.1) is 11.6 Å². The first-order valence-corrected chi connectivity index (χ1v) is 7.56. The molecule has 0 amide bonds. The highest BCUT2D eigenvalue weighted by atomic mass is 35.5. The average molecular weight is 364 g/mol. The van der Waals surface area contributed by atoms with E-state index in [1.165, 1.54) is 18.2 Å². The van der Waals surface area contributed by atoms with Gasteiger partial charge in [-0.2, -0.15) is 0 Å². The van der Waals surface area contributed by atoms with Crippen molar-refractivity contribution in [1.29, 1.82) is 0 Å². The molecule has 0 N–H and O–H groups in total. The van der Waals surface area contributed by atoms with Crippen molar-refractivity contribution in [2.24, 2.45) is 0 Å². The van der Waals surface area contributed by atoms with E-state index in [1.807, 2.05) is 0 Å². The minimum absolute atomic E-state index is 0.107. The van der Waals surface area contributed by atoms with Crippen molar-refractivity contribution in [2.45, 2.75) is 5.88 Å². The Hall–Kier alpha value is -1.000. The molecular weight excluding hydrogens is 357 g/mol. The van der Waals surface area contributed by atoms with Crippen molar-refractivity contribution in [3.8, 4) is 5.69 Å². The summed E-state index contributed by atoms with van der Waals surface area (Å²) in [5.41, 5.74) is 1.46. The van der Waals surface area contributed by atoms with Crippen LogP contribution in [-0.2, 0) is 5.88 Å². The molecule has 1 heterocycles. The average Bonchev–Trinajstić information content (AvgIpc) is 2.79. The molecule has 2 nitrogen and oxygen atoms in total. The van der Waals surface area contributed by atoms with E-state index in [2.05, 4.69) is 4.98 Å². The molecule has 21 heavy (non-hydrogen) atoms. The number of halogens is 5. The number of rotatable bonds is 2. The molecule has 0 unspecified atom stereocenters. The number of hydrogen-bond acceptors (Lipinski definition) is 1. The highest BCUT2D eigenvalue weighted by Gasteiger charge is 2.16. The van der Waals surface area contributed by atoms with Crippen LogP contribution in [0.4, 0.5) is 4.39 Å². The van der Waals surface area contributed by atoms with E-state index < -0.39 is 5.82 Å². The first-order chi connectivity index (χ1) is 10.0. The number of hydrogen-bond donors (Lipinski definition) is 0. The number of nitrogens with zero attached hydrogens (tertiary/aromatic N) is 2. The van der Waals surface area contributed by atoms with Gasteiger partial charge in [-0.05, 0) is 30.3 Å². The van der Waals surface area contributed by atoms with Crippen LogP contribution >= 0.6 is 46.4 Å². The molecule has 3 rings (SSSR count). The van der Waals surface area contributed by atoms with Gasteiger partial charge >= 0.3 is 0 Å². The smallest absolute Gasteiger partial charge is 0.147 e. The molecule has 0 aliphatic heterocycles. The molecule has 0 aliphatic rings. The second kappa shape index (κ2) is 5.65. The Morgan fingerprint density at radius 2 is 1.76 bits per heavy atom. The van der Waals surface area contributed by atoms with Crippen LogP contribution in [0.25, 0.3) is 16.7 Å². The summed E-state index contributed by atoms with van der Waals surface area (Å²) in [6, 6.07) is 7.52. The Morgan fingerprint density at radius 3 is 2.48 bits per heavy atom. The van der Waals surface area contributed by atoms with Gasteiger partial charge in [0, 0.05) is 5.02 Å². The predicted octanol–water partition coefficient (Wildman–Crippen LogP) is 5.86. The molecule has 0 radical (unpaired) electrons. The third-order valence-electron chi connectivity index (χ3n) is 3.03. The largest absolute Gasteiger partial charge is 0.292 e. The summed E-state index contributed by atoms with van der Waals surface area (Å²) < 4.78 is 15.7. The number of aromatic nitrogens is 2. The van der Waals surface area contributed by atoms with Crippen LogP contribution in [0.2, 0.25) is 15.1 Å². The van der Waals surface area contributed by atoms with Gasteiger partial charge in [-0.1, -0.05) is 34.8 Å². The quantitative estimate of drug-likeness (QED) is 0.521. The lowest BCUT2D eigenvalue weighted by Gasteiger charge is -2.10. The molecule has 0 spiro atoms. The summed E-state index contributed by atoms with van der Waals surface area (Å²) in [5, 5.41) is 1.14. The maximum atomic E-state index is 14.1. The molecule has 108 valence electrons. The Labute approximate surface area is 140 Å². The van der Waals surface area contributed by atoms with E-state index in [0.717, 1.165) is 0 Å². The van der Waals surface area contributed by atoms with Crippen LogP contribution < -0.4 is 0 Å². The van der Waals surface area contributed by atoms with E-state index in [1.54, 1.807) is 16.7 Å².